The molecule has 2 amide bonds. The van der Waals surface area contributed by atoms with E-state index in [-0.39, 0.29) is 11.9 Å². The van der Waals surface area contributed by atoms with Gasteiger partial charge in [-0.1, -0.05) is 29.5 Å². The second kappa shape index (κ2) is 9.89. The molecule has 2 aromatic carbocycles. The molecule has 6 rings (SSSR count). The number of nitrogens with one attached hydrogen (secondary N) is 1. The number of nitrogens with zero attached hydrogens (tertiary/aromatic N) is 6. The van der Waals surface area contributed by atoms with Gasteiger partial charge in [0.15, 0.2) is 5.65 Å². The minimum absolute atomic E-state index is 0.0338. The Morgan fingerprint density at radius 2 is 1.76 bits per heavy atom. The van der Waals surface area contributed by atoms with Crippen LogP contribution in [-0.4, -0.2) is 66.1 Å². The number of carboxylic acid groups (broad SMARTS) is 1. The minimum atomic E-state index is -0.915. The molecule has 38 heavy (non-hydrogen) atoms. The lowest BCUT2D eigenvalue weighted by Crippen LogP contribution is -2.46. The lowest BCUT2D eigenvalue weighted by molar-refractivity contribution is 0.0907. The van der Waals surface area contributed by atoms with E-state index in [4.69, 9.17) is 10.1 Å². The van der Waals surface area contributed by atoms with E-state index in [9.17, 15) is 9.59 Å². The van der Waals surface area contributed by atoms with Gasteiger partial charge in [-0.3, -0.25) is 9.78 Å². The quantitative estimate of drug-likeness (QED) is 0.369. The molecule has 1 aliphatic rings. The van der Waals surface area contributed by atoms with Crippen LogP contribution in [0.4, 0.5) is 4.79 Å². The highest BCUT2D eigenvalue weighted by Gasteiger charge is 2.23. The monoisotopic (exact) mass is 507 g/mol. The van der Waals surface area contributed by atoms with Crippen molar-refractivity contribution < 1.29 is 14.7 Å². The maximum absolute atomic E-state index is 12.7. The Balaban J connectivity index is 1.17. The van der Waals surface area contributed by atoms with Gasteiger partial charge in [0.1, 0.15) is 5.52 Å². The Morgan fingerprint density at radius 1 is 0.974 bits per heavy atom. The van der Waals surface area contributed by atoms with Gasteiger partial charge in [0.05, 0.1) is 17.8 Å². The van der Waals surface area contributed by atoms with Gasteiger partial charge in [0.25, 0.3) is 5.91 Å². The summed E-state index contributed by atoms with van der Waals surface area (Å²) < 4.78 is 1.79. The minimum Gasteiger partial charge on any atom is -0.465 e. The Labute approximate surface area is 217 Å². The van der Waals surface area contributed by atoms with Crippen LogP contribution in [0.25, 0.3) is 33.3 Å². The number of benzene rings is 2. The fourth-order valence-electron chi connectivity index (χ4n) is 4.79. The first-order valence-electron chi connectivity index (χ1n) is 12.5. The second-order valence-electron chi connectivity index (χ2n) is 9.41. The van der Waals surface area contributed by atoms with Crippen LogP contribution in [0.2, 0.25) is 0 Å². The lowest BCUT2D eigenvalue weighted by atomic mass is 10.0. The van der Waals surface area contributed by atoms with Crippen molar-refractivity contribution in [1.82, 2.24) is 35.2 Å². The maximum atomic E-state index is 12.7. The number of amides is 2. The predicted molar refractivity (Wildman–Crippen MR) is 142 cm³/mol. The molecule has 0 radical (unpaired) electrons. The molecule has 0 bridgehead atoms. The summed E-state index contributed by atoms with van der Waals surface area (Å²) in [5.41, 5.74) is 5.60. The molecule has 3 aromatic heterocycles. The summed E-state index contributed by atoms with van der Waals surface area (Å²) >= 11 is 0. The zero-order valence-electron chi connectivity index (χ0n) is 20.5. The molecule has 2 N–H and O–H groups in total. The van der Waals surface area contributed by atoms with Gasteiger partial charge in [-0.05, 0) is 60.9 Å². The van der Waals surface area contributed by atoms with Crippen molar-refractivity contribution >= 4 is 34.1 Å². The average Bonchev–Trinajstić information content (AvgIpc) is 3.35. The standard InChI is InChI=1S/C28H25N7O3/c36-27(30-22-11-14-34(15-12-22)28(37)38)20-6-4-19(5-7-20)24-9-10-25-26(31-24)35(33-32-25)17-18-3-8-23-21(16-18)2-1-13-29-23/h1-10,13,16,22H,11-12,14-15,17H2,(H,30,36)(H,37,38). The summed E-state index contributed by atoms with van der Waals surface area (Å²) in [6.07, 6.45) is 2.09. The third kappa shape index (κ3) is 4.75. The molecule has 0 aliphatic carbocycles. The Hall–Kier alpha value is -4.86. The van der Waals surface area contributed by atoms with Crippen LogP contribution in [-0.2, 0) is 6.54 Å². The fraction of sp³-hybridized carbons (Fsp3) is 0.214. The number of pyridine rings is 2. The van der Waals surface area contributed by atoms with E-state index >= 15 is 0 Å². The molecule has 1 fully saturated rings. The summed E-state index contributed by atoms with van der Waals surface area (Å²) in [4.78, 5) is 34.4. The van der Waals surface area contributed by atoms with Crippen LogP contribution < -0.4 is 5.32 Å². The smallest absolute Gasteiger partial charge is 0.407 e. The number of aromatic nitrogens is 5. The Kier molecular flexibility index (Phi) is 6.12. The van der Waals surface area contributed by atoms with Gasteiger partial charge in [0.2, 0.25) is 0 Å². The zero-order valence-corrected chi connectivity index (χ0v) is 20.5. The summed E-state index contributed by atoms with van der Waals surface area (Å²) in [5, 5.41) is 21.8. The van der Waals surface area contributed by atoms with E-state index in [0.29, 0.717) is 49.2 Å². The van der Waals surface area contributed by atoms with Gasteiger partial charge in [-0.2, -0.15) is 0 Å². The van der Waals surface area contributed by atoms with E-state index in [0.717, 1.165) is 27.7 Å². The van der Waals surface area contributed by atoms with Crippen molar-refractivity contribution in [3.8, 4) is 11.3 Å². The molecule has 0 saturated carbocycles. The van der Waals surface area contributed by atoms with Crippen molar-refractivity contribution in [2.24, 2.45) is 0 Å². The Bertz CT molecular complexity index is 1640. The normalized spacial score (nSPS) is 14.2. The molecule has 0 atom stereocenters. The van der Waals surface area contributed by atoms with Crippen LogP contribution in [0.15, 0.2) is 72.9 Å². The molecule has 10 nitrogen and oxygen atoms in total. The van der Waals surface area contributed by atoms with Crippen molar-refractivity contribution in [2.75, 3.05) is 13.1 Å². The van der Waals surface area contributed by atoms with Crippen LogP contribution >= 0.6 is 0 Å². The molecular formula is C28H25N7O3. The molecule has 4 heterocycles. The van der Waals surface area contributed by atoms with Crippen LogP contribution in [0.1, 0.15) is 28.8 Å². The van der Waals surface area contributed by atoms with Crippen molar-refractivity contribution in [3.05, 3.63) is 84.1 Å². The summed E-state index contributed by atoms with van der Waals surface area (Å²) in [5.74, 6) is -0.165. The summed E-state index contributed by atoms with van der Waals surface area (Å²) in [6.45, 7) is 1.38. The zero-order chi connectivity index (χ0) is 26.1. The van der Waals surface area contributed by atoms with E-state index < -0.39 is 6.09 Å². The highest BCUT2D eigenvalue weighted by Crippen LogP contribution is 2.22. The first-order valence-corrected chi connectivity index (χ1v) is 12.5. The highest BCUT2D eigenvalue weighted by molar-refractivity contribution is 5.95. The van der Waals surface area contributed by atoms with Gasteiger partial charge >= 0.3 is 6.09 Å². The van der Waals surface area contributed by atoms with Crippen LogP contribution in [0.5, 0.6) is 0 Å². The number of hydrogen-bond acceptors (Lipinski definition) is 6. The number of hydrogen-bond donors (Lipinski definition) is 2. The first kappa shape index (κ1) is 23.5. The fourth-order valence-corrected chi connectivity index (χ4v) is 4.79. The second-order valence-corrected chi connectivity index (χ2v) is 9.41. The largest absolute Gasteiger partial charge is 0.465 e. The number of piperidine rings is 1. The van der Waals surface area contributed by atoms with Gasteiger partial charge in [0, 0.05) is 41.8 Å². The summed E-state index contributed by atoms with van der Waals surface area (Å²) in [6, 6.07) is 21.2. The number of carbonyl (C=O) groups excluding carboxylic acids is 1. The van der Waals surface area contributed by atoms with E-state index in [1.807, 2.05) is 48.5 Å². The highest BCUT2D eigenvalue weighted by atomic mass is 16.4. The van der Waals surface area contributed by atoms with Crippen LogP contribution in [0.3, 0.4) is 0 Å². The molecule has 0 unspecified atom stereocenters. The number of rotatable bonds is 5. The predicted octanol–water partition coefficient (Wildman–Crippen LogP) is 3.96. The van der Waals surface area contributed by atoms with E-state index in [1.165, 1.54) is 4.90 Å². The Morgan fingerprint density at radius 3 is 2.55 bits per heavy atom. The molecule has 5 aromatic rings. The molecule has 1 aliphatic heterocycles. The van der Waals surface area contributed by atoms with Crippen molar-refractivity contribution in [1.29, 1.82) is 0 Å². The topological polar surface area (TPSA) is 126 Å². The third-order valence-corrected chi connectivity index (χ3v) is 6.90. The number of carbonyl (C=O) groups is 2. The molecular weight excluding hydrogens is 482 g/mol. The number of fused-ring (bicyclic) bond motifs is 2. The molecule has 0 spiro atoms. The van der Waals surface area contributed by atoms with Gasteiger partial charge in [-0.15, -0.1) is 5.10 Å². The average molecular weight is 508 g/mol. The van der Waals surface area contributed by atoms with Crippen LogP contribution in [0, 0.1) is 0 Å². The maximum Gasteiger partial charge on any atom is 0.407 e. The van der Waals surface area contributed by atoms with E-state index in [2.05, 4.69) is 26.7 Å². The van der Waals surface area contributed by atoms with E-state index in [1.54, 1.807) is 23.0 Å². The SMILES string of the molecule is O=C(NC1CCN(C(=O)O)CC1)c1ccc(-c2ccc3nnn(Cc4ccc5ncccc5c4)c3n2)cc1. The number of likely N-dealkylation sites (tertiary alicyclic amines) is 1. The molecule has 190 valence electrons. The molecule has 1 saturated heterocycles. The summed E-state index contributed by atoms with van der Waals surface area (Å²) in [7, 11) is 0. The van der Waals surface area contributed by atoms with Gasteiger partial charge in [-0.25, -0.2) is 14.5 Å². The van der Waals surface area contributed by atoms with Crippen molar-refractivity contribution in [3.63, 3.8) is 0 Å². The van der Waals surface area contributed by atoms with Crippen molar-refractivity contribution in [2.45, 2.75) is 25.4 Å². The van der Waals surface area contributed by atoms with Gasteiger partial charge < -0.3 is 15.3 Å². The third-order valence-electron chi connectivity index (χ3n) is 6.90. The lowest BCUT2D eigenvalue weighted by Gasteiger charge is -2.30. The molecule has 10 heteroatoms. The first-order chi connectivity index (χ1) is 18.5.